The summed E-state index contributed by atoms with van der Waals surface area (Å²) in [6, 6.07) is 14.2. The molecule has 0 amide bonds. The first-order valence-electron chi connectivity index (χ1n) is 13.1. The standard InChI is InChI=1S/C29H29N3O5S/c33-27-22-11-3-1-2-4-13-24(22)37-28(34)26(27)25(18-14-15-18)19-9-7-10-21(16-19)32-38(35,36)29-30-17-20-8-5-6-12-23(20)31-29/h5-10,12,16-18,25,32-33H,1-4,11,13-15H2. The SMILES string of the molecule is O=c1oc2c(c(O)c1C(c1cccc(NS(=O)(=O)c3ncc4ccccc4n3)c1)C1CC1)CCCCCC2. The molecule has 0 saturated heterocycles. The average Bonchev–Trinajstić information content (AvgIpc) is 3.72. The largest absolute Gasteiger partial charge is 0.507 e. The highest BCUT2D eigenvalue weighted by atomic mass is 32.2. The summed E-state index contributed by atoms with van der Waals surface area (Å²) >= 11 is 0. The van der Waals surface area contributed by atoms with Gasteiger partial charge in [0.2, 0.25) is 0 Å². The van der Waals surface area contributed by atoms with Crippen LogP contribution >= 0.6 is 0 Å². The van der Waals surface area contributed by atoms with Gasteiger partial charge >= 0.3 is 5.63 Å². The van der Waals surface area contributed by atoms with Crippen molar-refractivity contribution in [3.63, 3.8) is 0 Å². The number of anilines is 1. The van der Waals surface area contributed by atoms with Crippen LogP contribution in [0.4, 0.5) is 5.69 Å². The Bertz CT molecular complexity index is 1680. The van der Waals surface area contributed by atoms with Gasteiger partial charge in [0.25, 0.3) is 15.2 Å². The molecule has 4 aromatic rings. The monoisotopic (exact) mass is 531 g/mol. The average molecular weight is 532 g/mol. The quantitative estimate of drug-likeness (QED) is 0.324. The minimum Gasteiger partial charge on any atom is -0.507 e. The molecule has 2 N–H and O–H groups in total. The molecule has 2 aliphatic carbocycles. The van der Waals surface area contributed by atoms with Gasteiger partial charge in [-0.2, -0.15) is 8.42 Å². The van der Waals surface area contributed by atoms with Crippen LogP contribution in [-0.4, -0.2) is 23.5 Å². The maximum atomic E-state index is 13.2. The molecule has 2 aromatic carbocycles. The van der Waals surface area contributed by atoms with E-state index in [1.807, 2.05) is 18.2 Å². The van der Waals surface area contributed by atoms with Gasteiger partial charge < -0.3 is 9.52 Å². The molecule has 8 nitrogen and oxygen atoms in total. The number of nitrogens with one attached hydrogen (secondary N) is 1. The van der Waals surface area contributed by atoms with E-state index in [-0.39, 0.29) is 28.3 Å². The Morgan fingerprint density at radius 1 is 1.00 bits per heavy atom. The van der Waals surface area contributed by atoms with Crippen LogP contribution in [0.3, 0.4) is 0 Å². The van der Waals surface area contributed by atoms with Gasteiger partial charge in [-0.1, -0.05) is 43.2 Å². The molecule has 0 bridgehead atoms. The highest BCUT2D eigenvalue weighted by molar-refractivity contribution is 7.92. The molecule has 1 unspecified atom stereocenters. The van der Waals surface area contributed by atoms with Gasteiger partial charge in [0, 0.05) is 35.2 Å². The molecule has 0 aliphatic heterocycles. The molecular formula is C29H29N3O5S. The van der Waals surface area contributed by atoms with Crippen molar-refractivity contribution in [1.29, 1.82) is 0 Å². The van der Waals surface area contributed by atoms with Crippen molar-refractivity contribution in [3.05, 3.63) is 87.6 Å². The molecule has 6 rings (SSSR count). The van der Waals surface area contributed by atoms with E-state index in [0.29, 0.717) is 29.8 Å². The maximum absolute atomic E-state index is 13.2. The zero-order valence-electron chi connectivity index (χ0n) is 20.9. The molecule has 38 heavy (non-hydrogen) atoms. The van der Waals surface area contributed by atoms with Crippen LogP contribution in [-0.2, 0) is 22.9 Å². The van der Waals surface area contributed by atoms with Gasteiger partial charge in [-0.05, 0) is 61.8 Å². The van der Waals surface area contributed by atoms with Gasteiger partial charge in [-0.3, -0.25) is 4.72 Å². The fourth-order valence-corrected chi connectivity index (χ4v) is 6.42. The highest BCUT2D eigenvalue weighted by Gasteiger charge is 2.38. The van der Waals surface area contributed by atoms with E-state index in [9.17, 15) is 18.3 Å². The summed E-state index contributed by atoms with van der Waals surface area (Å²) in [5, 5.41) is 11.8. The number of hydrogen-bond acceptors (Lipinski definition) is 7. The maximum Gasteiger partial charge on any atom is 0.343 e. The van der Waals surface area contributed by atoms with E-state index in [2.05, 4.69) is 14.7 Å². The van der Waals surface area contributed by atoms with Gasteiger partial charge in [0.15, 0.2) is 0 Å². The number of sulfonamides is 1. The minimum atomic E-state index is -4.05. The van der Waals surface area contributed by atoms with Crippen LogP contribution in [0.5, 0.6) is 5.75 Å². The molecular weight excluding hydrogens is 502 g/mol. The molecule has 196 valence electrons. The highest BCUT2D eigenvalue weighted by Crippen LogP contribution is 2.49. The third-order valence-electron chi connectivity index (χ3n) is 7.50. The third kappa shape index (κ3) is 4.78. The van der Waals surface area contributed by atoms with Crippen molar-refractivity contribution >= 4 is 26.6 Å². The Morgan fingerprint density at radius 2 is 1.79 bits per heavy atom. The Kier molecular flexibility index (Phi) is 6.39. The van der Waals surface area contributed by atoms with E-state index >= 15 is 0 Å². The molecule has 9 heteroatoms. The number of rotatable bonds is 6. The summed E-state index contributed by atoms with van der Waals surface area (Å²) in [6.07, 6.45) is 8.70. The second-order valence-corrected chi connectivity index (χ2v) is 11.8. The Balaban J connectivity index is 1.36. The molecule has 0 radical (unpaired) electrons. The van der Waals surface area contributed by atoms with Crippen LogP contribution in [0.1, 0.15) is 66.9 Å². The summed E-state index contributed by atoms with van der Waals surface area (Å²) < 4.78 is 34.6. The van der Waals surface area contributed by atoms with E-state index in [0.717, 1.165) is 55.0 Å². The zero-order valence-corrected chi connectivity index (χ0v) is 21.7. The summed E-state index contributed by atoms with van der Waals surface area (Å²) in [6.45, 7) is 0. The van der Waals surface area contributed by atoms with Crippen molar-refractivity contribution < 1.29 is 17.9 Å². The fraction of sp³-hybridized carbons (Fsp3) is 0.345. The normalized spacial score (nSPS) is 16.8. The van der Waals surface area contributed by atoms with Gasteiger partial charge in [0.1, 0.15) is 11.5 Å². The number of nitrogens with zero attached hydrogens (tertiary/aromatic N) is 2. The number of para-hydroxylation sites is 1. The second kappa shape index (κ2) is 9.87. The number of aromatic nitrogens is 2. The topological polar surface area (TPSA) is 122 Å². The second-order valence-electron chi connectivity index (χ2n) is 10.2. The minimum absolute atomic E-state index is 0.0468. The lowest BCUT2D eigenvalue weighted by molar-refractivity contribution is 0.382. The molecule has 1 fully saturated rings. The van der Waals surface area contributed by atoms with E-state index in [1.165, 1.54) is 6.20 Å². The summed E-state index contributed by atoms with van der Waals surface area (Å²) in [4.78, 5) is 21.5. The molecule has 2 heterocycles. The smallest absolute Gasteiger partial charge is 0.343 e. The number of hydrogen-bond donors (Lipinski definition) is 2. The molecule has 2 aromatic heterocycles. The summed E-state index contributed by atoms with van der Waals surface area (Å²) in [5.74, 6) is 0.433. The Morgan fingerprint density at radius 3 is 2.61 bits per heavy atom. The van der Waals surface area contributed by atoms with Crippen molar-refractivity contribution in [1.82, 2.24) is 9.97 Å². The number of fused-ring (bicyclic) bond motifs is 2. The molecule has 0 spiro atoms. The van der Waals surface area contributed by atoms with E-state index in [4.69, 9.17) is 4.42 Å². The van der Waals surface area contributed by atoms with Crippen molar-refractivity contribution in [2.75, 3.05) is 4.72 Å². The first kappa shape index (κ1) is 24.6. The van der Waals surface area contributed by atoms with E-state index < -0.39 is 15.6 Å². The third-order valence-corrected chi connectivity index (χ3v) is 8.69. The van der Waals surface area contributed by atoms with Gasteiger partial charge in [-0.15, -0.1) is 0 Å². The Hall–Kier alpha value is -3.72. The van der Waals surface area contributed by atoms with Crippen LogP contribution < -0.4 is 10.3 Å². The molecule has 2 aliphatic rings. The zero-order chi connectivity index (χ0) is 26.3. The van der Waals surface area contributed by atoms with Crippen LogP contribution in [0.15, 0.2) is 69.1 Å². The first-order chi connectivity index (χ1) is 18.4. The Labute approximate surface area is 220 Å². The van der Waals surface area contributed by atoms with E-state index in [1.54, 1.807) is 30.3 Å². The van der Waals surface area contributed by atoms with Crippen molar-refractivity contribution in [2.24, 2.45) is 5.92 Å². The fourth-order valence-electron chi connectivity index (χ4n) is 5.48. The predicted octanol–water partition coefficient (Wildman–Crippen LogP) is 5.29. The van der Waals surface area contributed by atoms with Crippen LogP contribution in [0, 0.1) is 5.92 Å². The van der Waals surface area contributed by atoms with Gasteiger partial charge in [-0.25, -0.2) is 14.8 Å². The lowest BCUT2D eigenvalue weighted by Gasteiger charge is -2.22. The van der Waals surface area contributed by atoms with Crippen molar-refractivity contribution in [2.45, 2.75) is 62.4 Å². The van der Waals surface area contributed by atoms with Crippen molar-refractivity contribution in [3.8, 4) is 5.75 Å². The number of benzene rings is 2. The lowest BCUT2D eigenvalue weighted by atomic mass is 9.85. The summed E-state index contributed by atoms with van der Waals surface area (Å²) in [7, 11) is -4.05. The predicted molar refractivity (Wildman–Crippen MR) is 144 cm³/mol. The summed E-state index contributed by atoms with van der Waals surface area (Å²) in [5.41, 5.74) is 2.14. The van der Waals surface area contributed by atoms with Crippen LogP contribution in [0.25, 0.3) is 10.9 Å². The molecule has 1 saturated carbocycles. The lowest BCUT2D eigenvalue weighted by Crippen LogP contribution is -2.19. The molecule has 1 atom stereocenters. The number of aromatic hydroxyl groups is 1. The van der Waals surface area contributed by atoms with Gasteiger partial charge in [0.05, 0.1) is 11.1 Å². The van der Waals surface area contributed by atoms with Crippen LogP contribution in [0.2, 0.25) is 0 Å². The first-order valence-corrected chi connectivity index (χ1v) is 14.6. The number of aryl methyl sites for hydroxylation is 1.